The lowest BCUT2D eigenvalue weighted by Gasteiger charge is -2.15. The van der Waals surface area contributed by atoms with Gasteiger partial charge in [-0.2, -0.15) is 0 Å². The van der Waals surface area contributed by atoms with E-state index in [1.807, 2.05) is 17.7 Å². The van der Waals surface area contributed by atoms with E-state index in [0.717, 1.165) is 10.9 Å². The second kappa shape index (κ2) is 6.88. The van der Waals surface area contributed by atoms with Crippen LogP contribution >= 0.6 is 0 Å². The van der Waals surface area contributed by atoms with Crippen molar-refractivity contribution in [2.24, 2.45) is 0 Å². The molecule has 1 fully saturated rings. The summed E-state index contributed by atoms with van der Waals surface area (Å²) >= 11 is 0. The highest BCUT2D eigenvalue weighted by Crippen LogP contribution is 2.35. The van der Waals surface area contributed by atoms with Crippen LogP contribution in [-0.2, 0) is 4.74 Å². The Balaban J connectivity index is 1.79. The van der Waals surface area contributed by atoms with E-state index in [9.17, 15) is 14.6 Å². The Morgan fingerprint density at radius 3 is 2.78 bits per heavy atom. The molecule has 0 bridgehead atoms. The highest BCUT2D eigenvalue weighted by molar-refractivity contribution is 5.92. The summed E-state index contributed by atoms with van der Waals surface area (Å²) in [4.78, 5) is 8.99. The molecule has 2 aromatic heterocycles. The summed E-state index contributed by atoms with van der Waals surface area (Å²) in [5.74, 6) is 0.668. The third-order valence-electron chi connectivity index (χ3n) is 4.79. The van der Waals surface area contributed by atoms with Crippen LogP contribution in [0.25, 0.3) is 11.0 Å². The fourth-order valence-corrected chi connectivity index (χ4v) is 3.49. The second-order valence-electron chi connectivity index (χ2n) is 6.76. The fourth-order valence-electron chi connectivity index (χ4n) is 3.49. The number of anilines is 2. The zero-order valence-corrected chi connectivity index (χ0v) is 15.1. The Labute approximate surface area is 155 Å². The summed E-state index contributed by atoms with van der Waals surface area (Å²) in [5.41, 5.74) is 1.86. The first-order valence-electron chi connectivity index (χ1n) is 8.79. The lowest BCUT2D eigenvalue weighted by molar-refractivity contribution is -0.0430. The first kappa shape index (κ1) is 17.8. The molecule has 0 unspecified atom stereocenters. The quantitative estimate of drug-likeness (QED) is 0.652. The van der Waals surface area contributed by atoms with E-state index in [1.165, 1.54) is 6.07 Å². The predicted molar refractivity (Wildman–Crippen MR) is 98.3 cm³/mol. The van der Waals surface area contributed by atoms with Gasteiger partial charge >= 0.3 is 0 Å². The van der Waals surface area contributed by atoms with Crippen LogP contribution in [0.5, 0.6) is 0 Å². The molecule has 0 aliphatic carbocycles. The number of benzene rings is 1. The molecule has 0 spiro atoms. The van der Waals surface area contributed by atoms with Crippen LogP contribution in [-0.4, -0.2) is 43.6 Å². The molecule has 27 heavy (non-hydrogen) atoms. The minimum Gasteiger partial charge on any atom is -0.394 e. The number of rotatable bonds is 4. The van der Waals surface area contributed by atoms with E-state index in [2.05, 4.69) is 15.3 Å². The van der Waals surface area contributed by atoms with Crippen molar-refractivity contribution in [2.75, 3.05) is 11.9 Å². The maximum absolute atomic E-state index is 14.1. The van der Waals surface area contributed by atoms with Gasteiger partial charge in [0, 0.05) is 12.6 Å². The van der Waals surface area contributed by atoms with Crippen molar-refractivity contribution < 1.29 is 19.3 Å². The summed E-state index contributed by atoms with van der Waals surface area (Å²) in [6, 6.07) is 6.41. The van der Waals surface area contributed by atoms with Gasteiger partial charge in [0.05, 0.1) is 23.8 Å². The van der Waals surface area contributed by atoms with Gasteiger partial charge in [-0.15, -0.1) is 0 Å². The smallest absolute Gasteiger partial charge is 0.148 e. The minimum absolute atomic E-state index is 0.246. The van der Waals surface area contributed by atoms with E-state index in [0.29, 0.717) is 29.4 Å². The molecule has 1 aliphatic heterocycles. The topological polar surface area (TPSA) is 92.4 Å². The molecule has 3 heterocycles. The van der Waals surface area contributed by atoms with Crippen LogP contribution < -0.4 is 5.32 Å². The van der Waals surface area contributed by atoms with Gasteiger partial charge in [0.25, 0.3) is 0 Å². The molecule has 3 atom stereocenters. The van der Waals surface area contributed by atoms with Crippen molar-refractivity contribution in [1.29, 1.82) is 0 Å². The number of nitrogens with zero attached hydrogens (tertiary/aromatic N) is 3. The molecule has 0 saturated carbocycles. The van der Waals surface area contributed by atoms with E-state index in [4.69, 9.17) is 4.74 Å². The summed E-state index contributed by atoms with van der Waals surface area (Å²) < 4.78 is 21.7. The van der Waals surface area contributed by atoms with E-state index >= 15 is 0 Å². The lowest BCUT2D eigenvalue weighted by atomic mass is 10.2. The van der Waals surface area contributed by atoms with E-state index < -0.39 is 18.4 Å². The summed E-state index contributed by atoms with van der Waals surface area (Å²) in [7, 11) is 0. The molecule has 1 aliphatic rings. The number of hydrogen-bond donors (Lipinski definition) is 3. The molecule has 3 aromatic rings. The van der Waals surface area contributed by atoms with Crippen molar-refractivity contribution in [1.82, 2.24) is 14.5 Å². The van der Waals surface area contributed by atoms with Gasteiger partial charge in [-0.1, -0.05) is 12.1 Å². The van der Waals surface area contributed by atoms with Crippen molar-refractivity contribution in [3.63, 3.8) is 0 Å². The summed E-state index contributed by atoms with van der Waals surface area (Å²) in [6.45, 7) is 3.43. The Hall–Kier alpha value is -2.55. The van der Waals surface area contributed by atoms with Crippen LogP contribution in [0, 0.1) is 19.7 Å². The number of nitrogens with one attached hydrogen (secondary N) is 1. The number of aryl methyl sites for hydroxylation is 2. The van der Waals surface area contributed by atoms with Gasteiger partial charge in [-0.25, -0.2) is 14.4 Å². The molecule has 1 saturated heterocycles. The Morgan fingerprint density at radius 2 is 2.07 bits per heavy atom. The van der Waals surface area contributed by atoms with Crippen molar-refractivity contribution >= 4 is 22.5 Å². The number of aliphatic hydroxyl groups excluding tert-OH is 2. The molecule has 4 rings (SSSR count). The molecule has 8 heteroatoms. The standard InChI is InChI=1S/C19H21FN4O3/c1-10-8-24(16-7-14(26)15(9-25)27-16)19-17(10)18(21-11(2)22-19)23-13-6-4-3-5-12(13)20/h3-6,8,14-16,25-26H,7,9H2,1-2H3,(H,21,22,23)/t14-,15+,16+/m0/s1. The van der Waals surface area contributed by atoms with Crippen LogP contribution in [0.1, 0.15) is 24.0 Å². The zero-order chi connectivity index (χ0) is 19.1. The normalized spacial score (nSPS) is 22.5. The molecule has 0 radical (unpaired) electrons. The Morgan fingerprint density at radius 1 is 1.30 bits per heavy atom. The van der Waals surface area contributed by atoms with Crippen LogP contribution in [0.3, 0.4) is 0 Å². The molecular formula is C19H21FN4O3. The number of halogens is 1. The second-order valence-corrected chi connectivity index (χ2v) is 6.76. The van der Waals surface area contributed by atoms with Crippen molar-refractivity contribution in [2.45, 2.75) is 38.7 Å². The maximum atomic E-state index is 14.1. The molecule has 1 aromatic carbocycles. The molecule has 142 valence electrons. The number of aliphatic hydroxyl groups is 2. The van der Waals surface area contributed by atoms with Gasteiger partial charge in [-0.3, -0.25) is 0 Å². The largest absolute Gasteiger partial charge is 0.394 e. The number of aromatic nitrogens is 3. The van der Waals surface area contributed by atoms with Gasteiger partial charge in [0.15, 0.2) is 0 Å². The van der Waals surface area contributed by atoms with Gasteiger partial charge in [-0.05, 0) is 31.5 Å². The monoisotopic (exact) mass is 372 g/mol. The first-order valence-corrected chi connectivity index (χ1v) is 8.79. The molecule has 0 amide bonds. The van der Waals surface area contributed by atoms with E-state index in [-0.39, 0.29) is 12.4 Å². The number of hydrogen-bond acceptors (Lipinski definition) is 6. The van der Waals surface area contributed by atoms with Crippen molar-refractivity contribution in [3.05, 3.63) is 47.7 Å². The first-order chi connectivity index (χ1) is 13.0. The SMILES string of the molecule is Cc1nc(Nc2ccccc2F)c2c(C)cn([C@H]3C[C@H](O)[C@@H](CO)O3)c2n1. The Bertz CT molecular complexity index is 990. The molecule has 7 nitrogen and oxygen atoms in total. The number of fused-ring (bicyclic) bond motifs is 1. The van der Waals surface area contributed by atoms with Crippen LogP contribution in [0.4, 0.5) is 15.9 Å². The zero-order valence-electron chi connectivity index (χ0n) is 15.1. The van der Waals surface area contributed by atoms with E-state index in [1.54, 1.807) is 25.1 Å². The minimum atomic E-state index is -0.739. The van der Waals surface area contributed by atoms with Crippen molar-refractivity contribution in [3.8, 4) is 0 Å². The average Bonchev–Trinajstić information content (AvgIpc) is 3.16. The van der Waals surface area contributed by atoms with Crippen LogP contribution in [0.2, 0.25) is 0 Å². The summed E-state index contributed by atoms with van der Waals surface area (Å²) in [6.07, 6.45) is 0.433. The fraction of sp³-hybridized carbons (Fsp3) is 0.368. The lowest BCUT2D eigenvalue weighted by Crippen LogP contribution is -2.24. The highest BCUT2D eigenvalue weighted by Gasteiger charge is 2.35. The van der Waals surface area contributed by atoms with Crippen LogP contribution in [0.15, 0.2) is 30.5 Å². The Kier molecular flexibility index (Phi) is 4.55. The third kappa shape index (κ3) is 3.16. The number of ether oxygens (including phenoxy) is 1. The molecule has 3 N–H and O–H groups in total. The maximum Gasteiger partial charge on any atom is 0.148 e. The highest BCUT2D eigenvalue weighted by atomic mass is 19.1. The number of para-hydroxylation sites is 1. The third-order valence-corrected chi connectivity index (χ3v) is 4.79. The summed E-state index contributed by atoms with van der Waals surface area (Å²) in [5, 5.41) is 23.2. The van der Waals surface area contributed by atoms with Gasteiger partial charge in [0.2, 0.25) is 0 Å². The van der Waals surface area contributed by atoms with Gasteiger partial charge < -0.3 is 24.8 Å². The molecular weight excluding hydrogens is 351 g/mol. The van der Waals surface area contributed by atoms with Gasteiger partial charge in [0.1, 0.15) is 35.4 Å². The predicted octanol–water partition coefficient (Wildman–Crippen LogP) is 2.57. The average molecular weight is 372 g/mol.